The number of anilines is 1. The van der Waals surface area contributed by atoms with Crippen molar-refractivity contribution in [1.82, 2.24) is 0 Å². The average Bonchev–Trinajstić information content (AvgIpc) is 2.74. The molecule has 1 fully saturated rings. The van der Waals surface area contributed by atoms with Crippen LogP contribution < -0.4 is 10.6 Å². The van der Waals surface area contributed by atoms with Crippen LogP contribution in [0.5, 0.6) is 0 Å². The van der Waals surface area contributed by atoms with Gasteiger partial charge in [0.05, 0.1) is 0 Å². The Morgan fingerprint density at radius 3 is 2.33 bits per heavy atom. The van der Waals surface area contributed by atoms with Crippen molar-refractivity contribution in [2.75, 3.05) is 18.0 Å². The molecule has 2 N–H and O–H groups in total. The second-order valence-electron chi connectivity index (χ2n) is 3.79. The van der Waals surface area contributed by atoms with Gasteiger partial charge < -0.3 is 10.6 Å². The highest BCUT2D eigenvalue weighted by Gasteiger charge is 2.17. The molecule has 0 unspecified atom stereocenters. The fourth-order valence-electron chi connectivity index (χ4n) is 1.99. The molecular formula is C11H14F2N2. The summed E-state index contributed by atoms with van der Waals surface area (Å²) in [5.74, 6) is -1.62. The van der Waals surface area contributed by atoms with Gasteiger partial charge in [0.2, 0.25) is 0 Å². The molecule has 15 heavy (non-hydrogen) atoms. The topological polar surface area (TPSA) is 29.3 Å². The van der Waals surface area contributed by atoms with Crippen molar-refractivity contribution in [3.05, 3.63) is 29.3 Å². The third kappa shape index (κ3) is 1.95. The maximum absolute atomic E-state index is 13.1. The molecule has 1 aromatic carbocycles. The van der Waals surface area contributed by atoms with Crippen molar-refractivity contribution >= 4 is 5.69 Å². The number of nitrogens with zero attached hydrogens (tertiary/aromatic N) is 1. The van der Waals surface area contributed by atoms with Gasteiger partial charge in [0, 0.05) is 31.4 Å². The van der Waals surface area contributed by atoms with Crippen molar-refractivity contribution in [1.29, 1.82) is 0 Å². The highest BCUT2D eigenvalue weighted by molar-refractivity contribution is 5.54. The molecule has 2 rings (SSSR count). The van der Waals surface area contributed by atoms with Gasteiger partial charge in [0.25, 0.3) is 0 Å². The third-order valence-electron chi connectivity index (χ3n) is 2.79. The van der Waals surface area contributed by atoms with E-state index in [1.165, 1.54) is 12.1 Å². The molecule has 0 radical (unpaired) electrons. The fraction of sp³-hybridized carbons (Fsp3) is 0.455. The van der Waals surface area contributed by atoms with E-state index in [2.05, 4.69) is 4.90 Å². The summed E-state index contributed by atoms with van der Waals surface area (Å²) < 4.78 is 26.1. The Labute approximate surface area is 87.7 Å². The lowest BCUT2D eigenvalue weighted by atomic mass is 10.1. The van der Waals surface area contributed by atoms with Crippen LogP contribution in [0.3, 0.4) is 0 Å². The highest BCUT2D eigenvalue weighted by atomic mass is 19.2. The first-order valence-corrected chi connectivity index (χ1v) is 5.15. The molecule has 1 aliphatic heterocycles. The van der Waals surface area contributed by atoms with Gasteiger partial charge >= 0.3 is 0 Å². The van der Waals surface area contributed by atoms with E-state index in [0.29, 0.717) is 5.56 Å². The molecule has 2 nitrogen and oxygen atoms in total. The van der Waals surface area contributed by atoms with E-state index in [1.54, 1.807) is 0 Å². The largest absolute Gasteiger partial charge is 0.371 e. The van der Waals surface area contributed by atoms with E-state index in [9.17, 15) is 8.78 Å². The van der Waals surface area contributed by atoms with Crippen LogP contribution in [0.15, 0.2) is 12.1 Å². The molecule has 82 valence electrons. The Morgan fingerprint density at radius 2 is 1.73 bits per heavy atom. The monoisotopic (exact) mass is 212 g/mol. The minimum atomic E-state index is -0.821. The summed E-state index contributed by atoms with van der Waals surface area (Å²) in [7, 11) is 0. The van der Waals surface area contributed by atoms with Gasteiger partial charge in [-0.05, 0) is 24.5 Å². The maximum atomic E-state index is 13.1. The lowest BCUT2D eigenvalue weighted by Crippen LogP contribution is -2.20. The summed E-state index contributed by atoms with van der Waals surface area (Å²) in [5.41, 5.74) is 6.94. The molecule has 0 aliphatic carbocycles. The highest BCUT2D eigenvalue weighted by Crippen LogP contribution is 2.26. The van der Waals surface area contributed by atoms with Crippen molar-refractivity contribution < 1.29 is 8.78 Å². The lowest BCUT2D eigenvalue weighted by molar-refractivity contribution is 0.507. The number of rotatable bonds is 2. The SMILES string of the molecule is NCc1cc(F)c(F)cc1N1CCCC1. The van der Waals surface area contributed by atoms with Crippen LogP contribution in [-0.2, 0) is 6.54 Å². The number of benzene rings is 1. The molecule has 0 amide bonds. The first-order chi connectivity index (χ1) is 7.22. The molecule has 0 atom stereocenters. The zero-order valence-electron chi connectivity index (χ0n) is 8.47. The minimum absolute atomic E-state index is 0.239. The molecule has 0 bridgehead atoms. The zero-order valence-corrected chi connectivity index (χ0v) is 8.47. The van der Waals surface area contributed by atoms with E-state index in [4.69, 9.17) is 5.73 Å². The quantitative estimate of drug-likeness (QED) is 0.812. The Bertz CT molecular complexity index is 360. The first-order valence-electron chi connectivity index (χ1n) is 5.15. The van der Waals surface area contributed by atoms with Crippen molar-refractivity contribution in [2.45, 2.75) is 19.4 Å². The van der Waals surface area contributed by atoms with Crippen LogP contribution in [0.25, 0.3) is 0 Å². The second kappa shape index (κ2) is 4.14. The van der Waals surface area contributed by atoms with Crippen LogP contribution in [0.1, 0.15) is 18.4 Å². The molecule has 0 aromatic heterocycles. The number of nitrogens with two attached hydrogens (primary N) is 1. The Kier molecular flexibility index (Phi) is 2.86. The predicted octanol–water partition coefficient (Wildman–Crippen LogP) is 2.02. The first kappa shape index (κ1) is 10.4. The van der Waals surface area contributed by atoms with E-state index < -0.39 is 11.6 Å². The molecule has 0 spiro atoms. The third-order valence-corrected chi connectivity index (χ3v) is 2.79. The average molecular weight is 212 g/mol. The normalized spacial score (nSPS) is 16.1. The van der Waals surface area contributed by atoms with E-state index in [-0.39, 0.29) is 6.54 Å². The summed E-state index contributed by atoms with van der Waals surface area (Å²) in [6.45, 7) is 2.04. The lowest BCUT2D eigenvalue weighted by Gasteiger charge is -2.21. The molecule has 0 saturated carbocycles. The number of hydrogen-bond acceptors (Lipinski definition) is 2. The molecular weight excluding hydrogens is 198 g/mol. The summed E-state index contributed by atoms with van der Waals surface area (Å²) in [6, 6.07) is 2.45. The predicted molar refractivity (Wildman–Crippen MR) is 55.7 cm³/mol. The van der Waals surface area contributed by atoms with E-state index in [1.807, 2.05) is 0 Å². The summed E-state index contributed by atoms with van der Waals surface area (Å²) in [4.78, 5) is 2.06. The summed E-state index contributed by atoms with van der Waals surface area (Å²) in [6.07, 6.45) is 2.20. The van der Waals surface area contributed by atoms with E-state index >= 15 is 0 Å². The van der Waals surface area contributed by atoms with Crippen LogP contribution in [0.2, 0.25) is 0 Å². The molecule has 1 saturated heterocycles. The zero-order chi connectivity index (χ0) is 10.8. The Morgan fingerprint density at radius 1 is 1.13 bits per heavy atom. The van der Waals surface area contributed by atoms with Crippen molar-refractivity contribution in [3.63, 3.8) is 0 Å². The standard InChI is InChI=1S/C11H14F2N2/c12-9-5-8(7-14)11(6-10(9)13)15-3-1-2-4-15/h5-6H,1-4,7,14H2. The maximum Gasteiger partial charge on any atom is 0.160 e. The van der Waals surface area contributed by atoms with Crippen molar-refractivity contribution in [3.8, 4) is 0 Å². The Balaban J connectivity index is 2.39. The Hall–Kier alpha value is -1.16. The van der Waals surface area contributed by atoms with Gasteiger partial charge in [0.15, 0.2) is 11.6 Å². The van der Waals surface area contributed by atoms with Crippen LogP contribution in [-0.4, -0.2) is 13.1 Å². The fourth-order valence-corrected chi connectivity index (χ4v) is 1.99. The van der Waals surface area contributed by atoms with Gasteiger partial charge in [-0.25, -0.2) is 8.78 Å². The summed E-state index contributed by atoms with van der Waals surface area (Å²) in [5, 5.41) is 0. The summed E-state index contributed by atoms with van der Waals surface area (Å²) >= 11 is 0. The molecule has 4 heteroatoms. The van der Waals surface area contributed by atoms with Crippen LogP contribution in [0, 0.1) is 11.6 Å². The van der Waals surface area contributed by atoms with Gasteiger partial charge in [0.1, 0.15) is 0 Å². The smallest absolute Gasteiger partial charge is 0.160 e. The van der Waals surface area contributed by atoms with Crippen LogP contribution in [0.4, 0.5) is 14.5 Å². The molecule has 1 heterocycles. The minimum Gasteiger partial charge on any atom is -0.371 e. The van der Waals surface area contributed by atoms with Crippen LogP contribution >= 0.6 is 0 Å². The van der Waals surface area contributed by atoms with Gasteiger partial charge in [-0.2, -0.15) is 0 Å². The van der Waals surface area contributed by atoms with Gasteiger partial charge in [-0.1, -0.05) is 0 Å². The second-order valence-corrected chi connectivity index (χ2v) is 3.79. The number of hydrogen-bond donors (Lipinski definition) is 1. The van der Waals surface area contributed by atoms with Gasteiger partial charge in [-0.15, -0.1) is 0 Å². The molecule has 1 aliphatic rings. The molecule has 1 aromatic rings. The number of halogens is 2. The van der Waals surface area contributed by atoms with Gasteiger partial charge in [-0.3, -0.25) is 0 Å². The van der Waals surface area contributed by atoms with Crippen molar-refractivity contribution in [2.24, 2.45) is 5.73 Å². The van der Waals surface area contributed by atoms with E-state index in [0.717, 1.165) is 31.6 Å².